The van der Waals surface area contributed by atoms with Crippen molar-refractivity contribution in [3.63, 3.8) is 0 Å². The molecule has 5 N–H and O–H groups in total. The van der Waals surface area contributed by atoms with Crippen molar-refractivity contribution in [1.82, 2.24) is 20.9 Å². The van der Waals surface area contributed by atoms with E-state index in [1.165, 1.54) is 4.90 Å². The number of sulfone groups is 1. The molecule has 49 heavy (non-hydrogen) atoms. The van der Waals surface area contributed by atoms with E-state index in [1.807, 2.05) is 62.3 Å². The summed E-state index contributed by atoms with van der Waals surface area (Å²) in [6, 6.07) is -4.29. The molecular formula is C36H63N5O7S. The van der Waals surface area contributed by atoms with E-state index in [1.54, 1.807) is 0 Å². The molecular weight excluding hydrogens is 646 g/mol. The lowest BCUT2D eigenvalue weighted by molar-refractivity contribution is -0.145. The summed E-state index contributed by atoms with van der Waals surface area (Å²) >= 11 is 0. The van der Waals surface area contributed by atoms with Gasteiger partial charge in [-0.2, -0.15) is 0 Å². The number of Topliss-reactive ketones (excluding diaryl/α,β-unsaturated/α-hetero) is 1. The number of carbonyl (C=O) groups is 5. The van der Waals surface area contributed by atoms with Crippen LogP contribution < -0.4 is 21.7 Å². The van der Waals surface area contributed by atoms with Gasteiger partial charge in [-0.25, -0.2) is 13.2 Å². The van der Waals surface area contributed by atoms with Gasteiger partial charge in [0.1, 0.15) is 12.1 Å². The van der Waals surface area contributed by atoms with Crippen LogP contribution in [0.25, 0.3) is 0 Å². The highest BCUT2D eigenvalue weighted by atomic mass is 32.2. The molecule has 0 spiro atoms. The number of amides is 5. The first kappa shape index (κ1) is 40.7. The summed E-state index contributed by atoms with van der Waals surface area (Å²) in [5.41, 5.74) is 3.73. The summed E-state index contributed by atoms with van der Waals surface area (Å²) in [7, 11) is -3.50. The second-order valence-electron chi connectivity index (χ2n) is 18.2. The van der Waals surface area contributed by atoms with E-state index in [-0.39, 0.29) is 41.2 Å². The molecule has 2 aliphatic carbocycles. The molecule has 0 aromatic carbocycles. The molecule has 3 fully saturated rings. The fourth-order valence-electron chi connectivity index (χ4n) is 7.60. The number of ketones is 1. The van der Waals surface area contributed by atoms with Crippen molar-refractivity contribution >= 4 is 39.4 Å². The Morgan fingerprint density at radius 3 is 1.90 bits per heavy atom. The maximum absolute atomic E-state index is 14.5. The Hall–Kier alpha value is -2.70. The lowest BCUT2D eigenvalue weighted by Crippen LogP contribution is -2.62. The van der Waals surface area contributed by atoms with Crippen molar-refractivity contribution in [2.24, 2.45) is 39.7 Å². The molecule has 0 aromatic rings. The number of rotatable bonds is 13. The number of carbonyl (C=O) groups excluding carboxylic acids is 5. The van der Waals surface area contributed by atoms with Gasteiger partial charge >= 0.3 is 6.03 Å². The van der Waals surface area contributed by atoms with Crippen molar-refractivity contribution in [3.8, 4) is 0 Å². The molecule has 280 valence electrons. The van der Waals surface area contributed by atoms with Crippen LogP contribution in [0.1, 0.15) is 120 Å². The zero-order valence-electron chi connectivity index (χ0n) is 31.3. The molecule has 1 aliphatic heterocycles. The molecule has 12 nitrogen and oxygen atoms in total. The maximum Gasteiger partial charge on any atom is 0.315 e. The molecule has 0 aromatic heterocycles. The van der Waals surface area contributed by atoms with Crippen molar-refractivity contribution in [2.45, 2.75) is 144 Å². The van der Waals surface area contributed by atoms with Gasteiger partial charge in [-0.1, -0.05) is 94.4 Å². The van der Waals surface area contributed by atoms with Gasteiger partial charge in [-0.3, -0.25) is 19.2 Å². The number of hydrogen-bond donors (Lipinski definition) is 4. The van der Waals surface area contributed by atoms with Gasteiger partial charge in [-0.05, 0) is 59.7 Å². The molecule has 3 rings (SSSR count). The van der Waals surface area contributed by atoms with Crippen LogP contribution in [-0.2, 0) is 29.0 Å². The Bertz CT molecular complexity index is 1330. The predicted molar refractivity (Wildman–Crippen MR) is 190 cm³/mol. The van der Waals surface area contributed by atoms with Gasteiger partial charge in [0.2, 0.25) is 17.6 Å². The minimum absolute atomic E-state index is 0.00364. The third kappa shape index (κ3) is 12.0. The molecule has 5 amide bonds. The second-order valence-corrected chi connectivity index (χ2v) is 20.4. The number of primary amides is 1. The minimum atomic E-state index is -3.50. The van der Waals surface area contributed by atoms with Gasteiger partial charge < -0.3 is 26.6 Å². The highest BCUT2D eigenvalue weighted by Crippen LogP contribution is 2.40. The highest BCUT2D eigenvalue weighted by Gasteiger charge is 2.50. The third-order valence-electron chi connectivity index (χ3n) is 10.2. The summed E-state index contributed by atoms with van der Waals surface area (Å²) in [6.07, 6.45) is 7.29. The minimum Gasteiger partial charge on any atom is -0.363 e. The highest BCUT2D eigenvalue weighted by molar-refractivity contribution is 7.91. The molecule has 1 saturated heterocycles. The van der Waals surface area contributed by atoms with E-state index in [0.717, 1.165) is 44.9 Å². The Morgan fingerprint density at radius 1 is 0.816 bits per heavy atom. The van der Waals surface area contributed by atoms with Crippen molar-refractivity contribution < 1.29 is 32.4 Å². The largest absolute Gasteiger partial charge is 0.363 e. The standard InChI is InChI=1S/C36H63N5O7S/c1-34(2,3)21-49(47,48)20-26(23-13-11-10-12-14-23)39-33(46)40-29(36(7,8)9)32(45)41-18-17-24(35(4,5)6)27(41)31(44)38-25(19-22-15-16-22)28(42)30(37)43/h22-27,29H,10-21H2,1-9H3,(H2,37,43)(H,38,44)(H2,39,40,46)/t24?,25?,26-,27+,29-/m1/s1. The van der Waals surface area contributed by atoms with Crippen LogP contribution in [0, 0.1) is 34.0 Å². The van der Waals surface area contributed by atoms with Crippen molar-refractivity contribution in [1.29, 1.82) is 0 Å². The van der Waals surface area contributed by atoms with Crippen molar-refractivity contribution in [2.75, 3.05) is 18.1 Å². The fourth-order valence-corrected chi connectivity index (χ4v) is 9.94. The molecule has 1 heterocycles. The number of likely N-dealkylation sites (tertiary alicyclic amines) is 1. The van der Waals surface area contributed by atoms with Crippen LogP contribution in [0.5, 0.6) is 0 Å². The van der Waals surface area contributed by atoms with Gasteiger partial charge in [-0.15, -0.1) is 0 Å². The van der Waals surface area contributed by atoms with Crippen LogP contribution in [-0.4, -0.2) is 85.1 Å². The molecule has 13 heteroatoms. The number of nitrogens with two attached hydrogens (primary N) is 1. The zero-order valence-corrected chi connectivity index (χ0v) is 32.1. The van der Waals surface area contributed by atoms with Gasteiger partial charge in [0, 0.05) is 12.6 Å². The Morgan fingerprint density at radius 2 is 1.41 bits per heavy atom. The summed E-state index contributed by atoms with van der Waals surface area (Å²) in [6.45, 7) is 17.3. The molecule has 0 bridgehead atoms. The number of nitrogens with one attached hydrogen (secondary N) is 3. The number of nitrogens with zero attached hydrogens (tertiary/aromatic N) is 1. The molecule has 3 aliphatic rings. The maximum atomic E-state index is 14.5. The van der Waals surface area contributed by atoms with Crippen LogP contribution in [0.2, 0.25) is 0 Å². The van der Waals surface area contributed by atoms with E-state index in [0.29, 0.717) is 12.8 Å². The molecule has 5 atom stereocenters. The van der Waals surface area contributed by atoms with E-state index >= 15 is 0 Å². The summed E-state index contributed by atoms with van der Waals surface area (Å²) < 4.78 is 26.5. The first-order valence-corrected chi connectivity index (χ1v) is 19.9. The zero-order chi connectivity index (χ0) is 37.1. The average Bonchev–Trinajstić information content (AvgIpc) is 3.64. The lowest BCUT2D eigenvalue weighted by Gasteiger charge is -2.39. The second kappa shape index (κ2) is 15.7. The van der Waals surface area contributed by atoms with Crippen LogP contribution in [0.15, 0.2) is 0 Å². The molecule has 2 unspecified atom stereocenters. The molecule has 2 saturated carbocycles. The topological polar surface area (TPSA) is 185 Å². The summed E-state index contributed by atoms with van der Waals surface area (Å²) in [5, 5.41) is 8.61. The lowest BCUT2D eigenvalue weighted by atomic mass is 9.75. The predicted octanol–water partition coefficient (Wildman–Crippen LogP) is 3.71. The van der Waals surface area contributed by atoms with Crippen LogP contribution >= 0.6 is 0 Å². The average molecular weight is 710 g/mol. The Balaban J connectivity index is 1.87. The third-order valence-corrected chi connectivity index (χ3v) is 12.4. The Kier molecular flexibility index (Phi) is 13.0. The van der Waals surface area contributed by atoms with Crippen molar-refractivity contribution in [3.05, 3.63) is 0 Å². The Labute approximate surface area is 294 Å². The van der Waals surface area contributed by atoms with E-state index < -0.39 is 74.4 Å². The van der Waals surface area contributed by atoms with E-state index in [4.69, 9.17) is 5.73 Å². The summed E-state index contributed by atoms with van der Waals surface area (Å²) in [5.74, 6) is -3.15. The smallest absolute Gasteiger partial charge is 0.315 e. The normalized spacial score (nSPS) is 22.9. The van der Waals surface area contributed by atoms with E-state index in [9.17, 15) is 32.4 Å². The first-order chi connectivity index (χ1) is 22.4. The number of urea groups is 1. The fraction of sp³-hybridized carbons (Fsp3) is 0.861. The van der Waals surface area contributed by atoms with E-state index in [2.05, 4.69) is 16.0 Å². The SMILES string of the molecule is CC(C)(C)CS(=O)(=O)C[C@@H](NC(=O)N[C@H](C(=O)N1CCC(C(C)(C)C)[C@H]1C(=O)NC(CC1CC1)C(=O)C(N)=O)C(C)(C)C)C1CCCCC1. The van der Waals surface area contributed by atoms with Crippen LogP contribution in [0.3, 0.4) is 0 Å². The summed E-state index contributed by atoms with van der Waals surface area (Å²) in [4.78, 5) is 68.3. The molecule has 0 radical (unpaired) electrons. The van der Waals surface area contributed by atoms with Gasteiger partial charge in [0.15, 0.2) is 9.84 Å². The van der Waals surface area contributed by atoms with Crippen LogP contribution in [0.4, 0.5) is 4.79 Å². The first-order valence-electron chi connectivity index (χ1n) is 18.1. The monoisotopic (exact) mass is 709 g/mol. The van der Waals surface area contributed by atoms with Gasteiger partial charge in [0.05, 0.1) is 17.5 Å². The quantitative estimate of drug-likeness (QED) is 0.210. The van der Waals surface area contributed by atoms with Gasteiger partial charge in [0.25, 0.3) is 5.91 Å². The number of hydrogen-bond acceptors (Lipinski definition) is 7.